The summed E-state index contributed by atoms with van der Waals surface area (Å²) in [6, 6.07) is 10.9. The van der Waals surface area contributed by atoms with E-state index in [1.165, 1.54) is 27.0 Å². The van der Waals surface area contributed by atoms with E-state index in [2.05, 4.69) is 43.4 Å². The van der Waals surface area contributed by atoms with Gasteiger partial charge in [0.2, 0.25) is 0 Å². The summed E-state index contributed by atoms with van der Waals surface area (Å²) in [5.74, 6) is 0. The van der Waals surface area contributed by atoms with Gasteiger partial charge in [-0.25, -0.2) is 0 Å². The minimum atomic E-state index is -0.894. The average Bonchev–Trinajstić information content (AvgIpc) is 1.88. The van der Waals surface area contributed by atoms with Gasteiger partial charge < -0.3 is 0 Å². The van der Waals surface area contributed by atoms with Gasteiger partial charge in [-0.15, -0.1) is 0 Å². The van der Waals surface area contributed by atoms with Crippen molar-refractivity contribution in [2.45, 2.75) is 13.1 Å². The molecule has 48 valence electrons. The fraction of sp³-hybridized carbons (Fsp3) is 0.250. The Bertz CT molecular complexity index is 200. The van der Waals surface area contributed by atoms with Crippen molar-refractivity contribution < 1.29 is 0 Å². The predicted octanol–water partition coefficient (Wildman–Crippen LogP) is 1.27. The van der Waals surface area contributed by atoms with Crippen LogP contribution in [0.1, 0.15) is 0 Å². The molecule has 1 aromatic rings. The van der Waals surface area contributed by atoms with Crippen LogP contribution in [-0.2, 0) is 0 Å². The van der Waals surface area contributed by atoms with Crippen molar-refractivity contribution in [3.8, 4) is 0 Å². The zero-order chi connectivity index (χ0) is 7.61. The number of hydrogen-bond donors (Lipinski definition) is 0. The van der Waals surface area contributed by atoms with Crippen LogP contribution in [0.5, 0.6) is 0 Å². The molecule has 0 aliphatic carbocycles. The fourth-order valence-electron chi connectivity index (χ4n) is 0.938. The predicted molar refractivity (Wildman–Crippen MR) is 49.3 cm³/mol. The van der Waals surface area contributed by atoms with Gasteiger partial charge in [-0.1, -0.05) is 0 Å². The first-order chi connectivity index (χ1) is 4.61. The van der Waals surface area contributed by atoms with Crippen LogP contribution < -0.4 is 5.19 Å². The Labute approximate surface area is 79.9 Å². The van der Waals surface area contributed by atoms with Gasteiger partial charge in [-0.05, 0) is 0 Å². The van der Waals surface area contributed by atoms with Gasteiger partial charge in [0.15, 0.2) is 0 Å². The van der Waals surface area contributed by atoms with Crippen LogP contribution in [0.15, 0.2) is 30.3 Å². The van der Waals surface area contributed by atoms with E-state index in [0.717, 1.165) is 0 Å². The Balaban J connectivity index is 2.97. The second kappa shape index (κ2) is 3.22. The summed E-state index contributed by atoms with van der Waals surface area (Å²) >= 11 is 1.35. The summed E-state index contributed by atoms with van der Waals surface area (Å²) in [6.07, 6.45) is 0. The molecule has 1 rings (SSSR count). The monoisotopic (exact) mass is 158 g/mol. The van der Waals surface area contributed by atoms with Crippen LogP contribution in [0.25, 0.3) is 0 Å². The molecule has 0 aromatic heterocycles. The van der Waals surface area contributed by atoms with Crippen molar-refractivity contribution in [1.82, 2.24) is 0 Å². The third-order valence-electron chi connectivity index (χ3n) is 1.64. The van der Waals surface area contributed by atoms with E-state index in [0.29, 0.717) is 0 Å². The molecular weight excluding hydrogens is 147 g/mol. The first-order valence-electron chi connectivity index (χ1n) is 3.66. The van der Waals surface area contributed by atoms with Crippen LogP contribution in [-0.4, -0.2) is 31.7 Å². The quantitative estimate of drug-likeness (QED) is 0.540. The first kappa shape index (κ1) is 8.53. The van der Waals surface area contributed by atoms with Crippen molar-refractivity contribution in [3.05, 3.63) is 30.3 Å². The van der Waals surface area contributed by atoms with E-state index in [4.69, 9.17) is 0 Å². The molecule has 0 nitrogen and oxygen atoms in total. The SMILES string of the molecule is C[Si](C)([Na])c1ccccc1. The van der Waals surface area contributed by atoms with E-state index >= 15 is 0 Å². The van der Waals surface area contributed by atoms with Gasteiger partial charge in [-0.3, -0.25) is 0 Å². The number of hydrogen-bond acceptors (Lipinski definition) is 0. The van der Waals surface area contributed by atoms with E-state index in [1.807, 2.05) is 0 Å². The molecule has 0 fully saturated rings. The molecule has 0 amide bonds. The molecule has 1 aromatic carbocycles. The third-order valence-corrected chi connectivity index (χ3v) is 5.44. The van der Waals surface area contributed by atoms with E-state index in [9.17, 15) is 0 Å². The Morgan fingerprint density at radius 1 is 1.10 bits per heavy atom. The minimum absolute atomic E-state index is 0.894. The summed E-state index contributed by atoms with van der Waals surface area (Å²) in [6.45, 7) is 4.85. The molecule has 0 saturated heterocycles. The van der Waals surface area contributed by atoms with Crippen molar-refractivity contribution >= 4 is 36.8 Å². The molecule has 2 heteroatoms. The third kappa shape index (κ3) is 2.24. The van der Waals surface area contributed by atoms with Gasteiger partial charge in [0, 0.05) is 0 Å². The zero-order valence-electron chi connectivity index (χ0n) is 6.89. The number of benzene rings is 1. The van der Waals surface area contributed by atoms with Crippen LogP contribution in [0.4, 0.5) is 0 Å². The van der Waals surface area contributed by atoms with Crippen LogP contribution >= 0.6 is 0 Å². The van der Waals surface area contributed by atoms with E-state index in [1.54, 1.807) is 5.19 Å². The summed E-state index contributed by atoms with van der Waals surface area (Å²) in [7, 11) is 0. The molecule has 0 atom stereocenters. The van der Waals surface area contributed by atoms with Crippen LogP contribution in [0.2, 0.25) is 13.1 Å². The molecule has 0 bridgehead atoms. The molecule has 0 heterocycles. The second-order valence-electron chi connectivity index (χ2n) is 3.62. The van der Waals surface area contributed by atoms with Gasteiger partial charge >= 0.3 is 80.3 Å². The Hall–Kier alpha value is 0.437. The standard InChI is InChI=1S/C8H11Si.Na/c1-9(2)8-6-4-3-5-7-8;/h3-7H,1-2H3;. The molecular formula is C8H11NaSi. The first-order valence-corrected chi connectivity index (χ1v) is 10.2. The van der Waals surface area contributed by atoms with Gasteiger partial charge in [0.1, 0.15) is 0 Å². The van der Waals surface area contributed by atoms with Crippen LogP contribution in [0.3, 0.4) is 0 Å². The maximum absolute atomic E-state index is 2.43. The zero-order valence-corrected chi connectivity index (χ0v) is 9.89. The molecule has 0 aliphatic heterocycles. The molecule has 0 aliphatic rings. The Kier molecular flexibility index (Phi) is 2.75. The molecule has 10 heavy (non-hydrogen) atoms. The molecule has 0 radical (unpaired) electrons. The molecule has 0 unspecified atom stereocenters. The summed E-state index contributed by atoms with van der Waals surface area (Å²) in [5, 5.41) is 1.60. The Morgan fingerprint density at radius 2 is 1.60 bits per heavy atom. The summed E-state index contributed by atoms with van der Waals surface area (Å²) in [5.41, 5.74) is 0. The fourth-order valence-corrected chi connectivity index (χ4v) is 3.13. The Morgan fingerprint density at radius 3 is 1.90 bits per heavy atom. The van der Waals surface area contributed by atoms with Crippen molar-refractivity contribution in [1.29, 1.82) is 0 Å². The number of rotatable bonds is 1. The normalized spacial score (nSPS) is 11.6. The molecule has 0 N–H and O–H groups in total. The maximum atomic E-state index is 2.43. The summed E-state index contributed by atoms with van der Waals surface area (Å²) < 4.78 is -0.894. The summed E-state index contributed by atoms with van der Waals surface area (Å²) in [4.78, 5) is 0. The van der Waals surface area contributed by atoms with Crippen molar-refractivity contribution in [2.24, 2.45) is 0 Å². The van der Waals surface area contributed by atoms with E-state index < -0.39 is 4.63 Å². The van der Waals surface area contributed by atoms with Crippen molar-refractivity contribution in [2.75, 3.05) is 0 Å². The molecule has 0 spiro atoms. The van der Waals surface area contributed by atoms with Crippen LogP contribution in [0, 0.1) is 0 Å². The van der Waals surface area contributed by atoms with E-state index in [-0.39, 0.29) is 0 Å². The molecule has 0 saturated carbocycles. The average molecular weight is 158 g/mol. The van der Waals surface area contributed by atoms with Gasteiger partial charge in [-0.2, -0.15) is 0 Å². The van der Waals surface area contributed by atoms with Gasteiger partial charge in [0.25, 0.3) is 0 Å². The second-order valence-corrected chi connectivity index (χ2v) is 16.2. The van der Waals surface area contributed by atoms with Gasteiger partial charge in [0.05, 0.1) is 0 Å². The van der Waals surface area contributed by atoms with Crippen molar-refractivity contribution in [3.63, 3.8) is 0 Å². The topological polar surface area (TPSA) is 0 Å².